The van der Waals surface area contributed by atoms with E-state index in [4.69, 9.17) is 19.8 Å². The molecule has 2 aliphatic carbocycles. The highest BCUT2D eigenvalue weighted by molar-refractivity contribution is 6.27. The van der Waals surface area contributed by atoms with E-state index in [1.807, 2.05) is 52.5 Å². The third kappa shape index (κ3) is 13.0. The Balaban J connectivity index is 0.000000375. The van der Waals surface area contributed by atoms with E-state index in [9.17, 15) is 20.4 Å². The summed E-state index contributed by atoms with van der Waals surface area (Å²) in [6.07, 6.45) is 10.4. The van der Waals surface area contributed by atoms with Gasteiger partial charge in [0.05, 0.1) is 11.2 Å². The van der Waals surface area contributed by atoms with Gasteiger partial charge in [-0.2, -0.15) is 0 Å². The van der Waals surface area contributed by atoms with Crippen LogP contribution in [0.1, 0.15) is 87.2 Å². The summed E-state index contributed by atoms with van der Waals surface area (Å²) >= 11 is 0. The number of carboxylic acid groups (broad SMARTS) is 2. The summed E-state index contributed by atoms with van der Waals surface area (Å²) in [4.78, 5) is 22.5. The van der Waals surface area contributed by atoms with E-state index in [1.54, 1.807) is 24.3 Å². The van der Waals surface area contributed by atoms with E-state index in [2.05, 4.69) is 9.80 Å². The highest BCUT2D eigenvalue weighted by atomic mass is 16.4. The molecule has 0 spiro atoms. The number of aliphatic carboxylic acids is 2. The van der Waals surface area contributed by atoms with Crippen LogP contribution in [0.25, 0.3) is 0 Å². The molecular formula is C34H54N2O9. The molecule has 2 saturated carbocycles. The van der Waals surface area contributed by atoms with Crippen molar-refractivity contribution in [1.29, 1.82) is 0 Å². The molecule has 254 valence electrons. The molecule has 0 radical (unpaired) electrons. The van der Waals surface area contributed by atoms with Crippen LogP contribution in [-0.4, -0.2) is 110 Å². The first-order valence-electron chi connectivity index (χ1n) is 15.4. The number of nitrogens with zero attached hydrogens (tertiary/aromatic N) is 2. The molecule has 0 heterocycles. The van der Waals surface area contributed by atoms with Gasteiger partial charge in [0.2, 0.25) is 0 Å². The minimum absolute atomic E-state index is 0. The van der Waals surface area contributed by atoms with Crippen LogP contribution < -0.4 is 0 Å². The van der Waals surface area contributed by atoms with Crippen LogP contribution in [0.3, 0.4) is 0 Å². The second-order valence-electron chi connectivity index (χ2n) is 12.8. The van der Waals surface area contributed by atoms with Gasteiger partial charge in [-0.05, 0) is 89.3 Å². The zero-order chi connectivity index (χ0) is 32.9. The van der Waals surface area contributed by atoms with Crippen LogP contribution >= 0.6 is 0 Å². The molecule has 2 unspecified atom stereocenters. The third-order valence-electron chi connectivity index (χ3n) is 8.61. The van der Waals surface area contributed by atoms with Crippen molar-refractivity contribution in [1.82, 2.24) is 9.80 Å². The van der Waals surface area contributed by atoms with Crippen molar-refractivity contribution in [3.8, 4) is 11.5 Å². The second-order valence-corrected chi connectivity index (χ2v) is 12.8. The van der Waals surface area contributed by atoms with Crippen LogP contribution in [0, 0.1) is 0 Å². The highest BCUT2D eigenvalue weighted by Crippen LogP contribution is 2.41. The van der Waals surface area contributed by atoms with E-state index in [0.717, 1.165) is 75.6 Å². The van der Waals surface area contributed by atoms with Crippen molar-refractivity contribution >= 4 is 11.9 Å². The average Bonchev–Trinajstić information content (AvgIpc) is 2.97. The molecule has 0 aromatic heterocycles. The van der Waals surface area contributed by atoms with E-state index >= 15 is 0 Å². The van der Waals surface area contributed by atoms with Crippen LogP contribution in [0.15, 0.2) is 48.5 Å². The Morgan fingerprint density at radius 3 is 1.09 bits per heavy atom. The Hall–Kier alpha value is -3.22. The summed E-state index contributed by atoms with van der Waals surface area (Å²) in [5.74, 6) is -2.86. The van der Waals surface area contributed by atoms with E-state index in [0.29, 0.717) is 0 Å². The first kappa shape index (κ1) is 39.8. The maximum Gasteiger partial charge on any atom is 0.414 e. The van der Waals surface area contributed by atoms with Crippen LogP contribution in [0.2, 0.25) is 0 Å². The van der Waals surface area contributed by atoms with Gasteiger partial charge in [-0.3, -0.25) is 0 Å². The Kier molecular flexibility index (Phi) is 16.5. The molecule has 11 heteroatoms. The fourth-order valence-corrected chi connectivity index (χ4v) is 6.34. The lowest BCUT2D eigenvalue weighted by molar-refractivity contribution is -0.159. The molecule has 2 fully saturated rings. The van der Waals surface area contributed by atoms with Crippen LogP contribution in [0.5, 0.6) is 11.5 Å². The summed E-state index contributed by atoms with van der Waals surface area (Å²) < 4.78 is 0. The second kappa shape index (κ2) is 18.7. The quantitative estimate of drug-likeness (QED) is 0.233. The minimum atomic E-state index is -1.82. The highest BCUT2D eigenvalue weighted by Gasteiger charge is 2.40. The van der Waals surface area contributed by atoms with E-state index in [-0.39, 0.29) is 28.8 Å². The van der Waals surface area contributed by atoms with Gasteiger partial charge in [0, 0.05) is 24.9 Å². The maximum atomic E-state index is 11.0. The number of aliphatic hydroxyl groups is 2. The summed E-state index contributed by atoms with van der Waals surface area (Å²) in [6, 6.07) is 14.6. The molecule has 8 N–H and O–H groups in total. The van der Waals surface area contributed by atoms with Gasteiger partial charge in [-0.15, -0.1) is 0 Å². The van der Waals surface area contributed by atoms with Gasteiger partial charge in [0.1, 0.15) is 11.5 Å². The summed E-state index contributed by atoms with van der Waals surface area (Å²) in [5.41, 5.74) is 1.05. The van der Waals surface area contributed by atoms with Crippen molar-refractivity contribution in [2.24, 2.45) is 0 Å². The average molecular weight is 635 g/mol. The number of hydrogen-bond donors (Lipinski definition) is 6. The van der Waals surface area contributed by atoms with Gasteiger partial charge in [-0.1, -0.05) is 62.8 Å². The van der Waals surface area contributed by atoms with Gasteiger partial charge in [-0.25, -0.2) is 9.59 Å². The van der Waals surface area contributed by atoms with Crippen LogP contribution in [0.4, 0.5) is 0 Å². The molecule has 2 aliphatic rings. The number of likely N-dealkylation sites (N-methyl/N-ethyl adjacent to an activating group) is 2. The standard InChI is InChI=1S/2C16H25NO2.C2H2O4.H2O/c2*1-17(2)12-15(13-6-8-14(18)9-7-13)16(19)10-4-3-5-11-16;3-1(4)2(5)6;/h2*6-9,15,18-19H,3-5,10-12H2,1-2H3;(H,3,4)(H,5,6);1H2. The van der Waals surface area contributed by atoms with Gasteiger partial charge >= 0.3 is 11.9 Å². The first-order valence-corrected chi connectivity index (χ1v) is 15.4. The smallest absolute Gasteiger partial charge is 0.414 e. The predicted octanol–water partition coefficient (Wildman–Crippen LogP) is 3.80. The molecule has 45 heavy (non-hydrogen) atoms. The normalized spacial score (nSPS) is 18.2. The minimum Gasteiger partial charge on any atom is -0.508 e. The van der Waals surface area contributed by atoms with Crippen molar-refractivity contribution < 1.29 is 45.7 Å². The molecule has 0 aliphatic heterocycles. The number of benzene rings is 2. The number of aromatic hydroxyl groups is 2. The SMILES string of the molecule is CN(C)CC(c1ccc(O)cc1)C1(O)CCCCC1.CN(C)CC(c1ccc(O)cc1)C1(O)CCCCC1.O.O=C(O)C(=O)O. The molecule has 4 rings (SSSR count). The lowest BCUT2D eigenvalue weighted by atomic mass is 9.72. The number of phenolic OH excluding ortho intramolecular Hbond substituents is 2. The molecule has 11 nitrogen and oxygen atoms in total. The Morgan fingerprint density at radius 2 is 0.867 bits per heavy atom. The zero-order valence-electron chi connectivity index (χ0n) is 27.2. The number of rotatable bonds is 8. The fourth-order valence-electron chi connectivity index (χ4n) is 6.34. The molecule has 2 aromatic rings. The van der Waals surface area contributed by atoms with E-state index < -0.39 is 23.1 Å². The Labute approximate surface area is 267 Å². The fraction of sp³-hybridized carbons (Fsp3) is 0.588. The number of hydrogen-bond acceptors (Lipinski definition) is 8. The van der Waals surface area contributed by atoms with Crippen molar-refractivity contribution in [2.45, 2.75) is 87.2 Å². The Morgan fingerprint density at radius 1 is 0.600 bits per heavy atom. The molecule has 0 saturated heterocycles. The number of carboxylic acids is 2. The van der Waals surface area contributed by atoms with Gasteiger partial charge in [0.25, 0.3) is 0 Å². The molecule has 0 bridgehead atoms. The monoisotopic (exact) mass is 634 g/mol. The van der Waals surface area contributed by atoms with Crippen LogP contribution in [-0.2, 0) is 9.59 Å². The third-order valence-corrected chi connectivity index (χ3v) is 8.61. The molecular weight excluding hydrogens is 580 g/mol. The lowest BCUT2D eigenvalue weighted by Crippen LogP contribution is -2.42. The molecule has 0 amide bonds. The van der Waals surface area contributed by atoms with E-state index in [1.165, 1.54) is 12.8 Å². The maximum absolute atomic E-state index is 11.0. The number of carbonyl (C=O) groups is 2. The van der Waals surface area contributed by atoms with Gasteiger partial charge in [0.15, 0.2) is 0 Å². The lowest BCUT2D eigenvalue weighted by Gasteiger charge is -2.40. The summed E-state index contributed by atoms with van der Waals surface area (Å²) in [7, 11) is 8.17. The summed E-state index contributed by atoms with van der Waals surface area (Å²) in [5, 5.41) is 55.7. The van der Waals surface area contributed by atoms with Crippen molar-refractivity contribution in [3.63, 3.8) is 0 Å². The predicted molar refractivity (Wildman–Crippen MR) is 174 cm³/mol. The molecule has 2 aromatic carbocycles. The molecule has 2 atom stereocenters. The van der Waals surface area contributed by atoms with Crippen molar-refractivity contribution in [3.05, 3.63) is 59.7 Å². The topological polar surface area (TPSA) is 193 Å². The van der Waals surface area contributed by atoms with Gasteiger partial charge < -0.3 is 45.9 Å². The zero-order valence-corrected chi connectivity index (χ0v) is 27.2. The Bertz CT molecular complexity index is 1050. The number of phenols is 2. The largest absolute Gasteiger partial charge is 0.508 e. The van der Waals surface area contributed by atoms with Crippen molar-refractivity contribution in [2.75, 3.05) is 41.3 Å². The summed E-state index contributed by atoms with van der Waals surface area (Å²) in [6.45, 7) is 1.67. The first-order chi connectivity index (χ1) is 20.7.